The summed E-state index contributed by atoms with van der Waals surface area (Å²) in [5, 5.41) is 13.8. The number of rotatable bonds is 7. The summed E-state index contributed by atoms with van der Waals surface area (Å²) in [7, 11) is 0. The molecule has 3 rings (SSSR count). The van der Waals surface area contributed by atoms with Crippen LogP contribution in [0.3, 0.4) is 0 Å². The van der Waals surface area contributed by atoms with Crippen LogP contribution in [-0.2, 0) is 11.2 Å². The Labute approximate surface area is 181 Å². The summed E-state index contributed by atoms with van der Waals surface area (Å²) in [6, 6.07) is 19.4. The molecule has 0 spiro atoms. The predicted octanol–water partition coefficient (Wildman–Crippen LogP) is 5.15. The lowest BCUT2D eigenvalue weighted by molar-refractivity contribution is -0.113. The molecular weight excluding hydrogens is 392 g/mol. The van der Waals surface area contributed by atoms with E-state index in [0.717, 1.165) is 17.7 Å². The van der Waals surface area contributed by atoms with Crippen molar-refractivity contribution in [3.8, 4) is 6.07 Å². The summed E-state index contributed by atoms with van der Waals surface area (Å²) in [6.07, 6.45) is 0.921. The molecule has 1 atom stereocenters. The Hall–Kier alpha value is -3.10. The molecule has 1 N–H and O–H groups in total. The second kappa shape index (κ2) is 9.60. The number of hydrogen-bond donors (Lipinski definition) is 1. The van der Waals surface area contributed by atoms with Gasteiger partial charge in [-0.1, -0.05) is 73.3 Å². The summed E-state index contributed by atoms with van der Waals surface area (Å²) in [6.45, 7) is 5.46. The van der Waals surface area contributed by atoms with E-state index >= 15 is 0 Å². The van der Waals surface area contributed by atoms with E-state index in [1.54, 1.807) is 12.1 Å². The largest absolute Gasteiger partial charge is 0.353 e. The fourth-order valence-electron chi connectivity index (χ4n) is 3.62. The Kier molecular flexibility index (Phi) is 6.91. The van der Waals surface area contributed by atoms with Gasteiger partial charge in [-0.25, -0.2) is 0 Å². The number of ketones is 2. The van der Waals surface area contributed by atoms with E-state index in [1.807, 2.05) is 49.4 Å². The second-order valence-electron chi connectivity index (χ2n) is 7.18. The van der Waals surface area contributed by atoms with Gasteiger partial charge < -0.3 is 5.32 Å². The van der Waals surface area contributed by atoms with Crippen LogP contribution in [-0.4, -0.2) is 17.3 Å². The third-order valence-electron chi connectivity index (χ3n) is 5.19. The zero-order valence-electron chi connectivity index (χ0n) is 17.4. The molecule has 1 heterocycles. The molecule has 0 saturated heterocycles. The quantitative estimate of drug-likeness (QED) is 0.632. The molecule has 0 aromatic heterocycles. The lowest BCUT2D eigenvalue weighted by Crippen LogP contribution is -2.27. The minimum absolute atomic E-state index is 0.00460. The summed E-state index contributed by atoms with van der Waals surface area (Å²) in [5.74, 6) is -0.299. The van der Waals surface area contributed by atoms with Crippen LogP contribution >= 0.6 is 11.8 Å². The number of Topliss-reactive ketones (excluding diaryl/α,β-unsaturated/α-hetero) is 2. The maximum atomic E-state index is 12.5. The third-order valence-corrected chi connectivity index (χ3v) is 6.21. The van der Waals surface area contributed by atoms with Crippen LogP contribution in [0.5, 0.6) is 0 Å². The molecule has 0 saturated carbocycles. The van der Waals surface area contributed by atoms with Crippen LogP contribution < -0.4 is 5.32 Å². The fourth-order valence-corrected chi connectivity index (χ4v) is 4.60. The van der Waals surface area contributed by atoms with Crippen molar-refractivity contribution in [2.45, 2.75) is 33.1 Å². The summed E-state index contributed by atoms with van der Waals surface area (Å²) in [4.78, 5) is 25.0. The van der Waals surface area contributed by atoms with Gasteiger partial charge in [-0.05, 0) is 31.4 Å². The molecule has 152 valence electrons. The number of carbonyl (C=O) groups is 2. The van der Waals surface area contributed by atoms with E-state index in [1.165, 1.54) is 24.2 Å². The number of nitrogens with one attached hydrogen (secondary N) is 1. The van der Waals surface area contributed by atoms with Crippen LogP contribution in [0.4, 0.5) is 0 Å². The molecule has 0 bridgehead atoms. The van der Waals surface area contributed by atoms with Crippen LogP contribution in [0, 0.1) is 11.3 Å². The van der Waals surface area contributed by atoms with E-state index < -0.39 is 5.92 Å². The fraction of sp³-hybridized carbons (Fsp3) is 0.240. The molecule has 0 fully saturated rings. The number of carbonyl (C=O) groups excluding carboxylic acids is 2. The van der Waals surface area contributed by atoms with Gasteiger partial charge in [-0.15, -0.1) is 0 Å². The SMILES string of the molecule is CCc1ccc([C@H]2C(C#N)=C(SCC(=O)c3ccccc3)NC(C)=C2C(C)=O)cc1. The first-order valence-corrected chi connectivity index (χ1v) is 10.9. The Morgan fingerprint density at radius 2 is 1.77 bits per heavy atom. The van der Waals surface area contributed by atoms with E-state index in [-0.39, 0.29) is 17.3 Å². The second-order valence-corrected chi connectivity index (χ2v) is 8.17. The number of allylic oxidation sites excluding steroid dienone is 3. The monoisotopic (exact) mass is 416 g/mol. The van der Waals surface area contributed by atoms with Crippen molar-refractivity contribution in [2.24, 2.45) is 0 Å². The molecule has 5 heteroatoms. The molecule has 4 nitrogen and oxygen atoms in total. The highest BCUT2D eigenvalue weighted by atomic mass is 32.2. The molecule has 30 heavy (non-hydrogen) atoms. The van der Waals surface area contributed by atoms with Gasteiger partial charge in [0.1, 0.15) is 0 Å². The minimum atomic E-state index is -0.436. The number of dihydropyridines is 1. The van der Waals surface area contributed by atoms with Crippen molar-refractivity contribution in [3.05, 3.63) is 93.2 Å². The first-order valence-electron chi connectivity index (χ1n) is 9.89. The number of benzene rings is 2. The van der Waals surface area contributed by atoms with Crippen molar-refractivity contribution >= 4 is 23.3 Å². The zero-order chi connectivity index (χ0) is 21.7. The number of aryl methyl sites for hydroxylation is 1. The lowest BCUT2D eigenvalue weighted by atomic mass is 9.81. The highest BCUT2D eigenvalue weighted by molar-refractivity contribution is 8.03. The van der Waals surface area contributed by atoms with E-state index in [9.17, 15) is 14.9 Å². The summed E-state index contributed by atoms with van der Waals surface area (Å²) < 4.78 is 0. The van der Waals surface area contributed by atoms with Gasteiger partial charge in [0.05, 0.1) is 28.3 Å². The standard InChI is InChI=1S/C25H24N2O2S/c1-4-18-10-12-20(13-11-18)24-21(14-26)25(27-16(2)23(24)17(3)28)30-15-22(29)19-8-6-5-7-9-19/h5-13,24,27H,4,15H2,1-3H3/t24-/m0/s1. The molecule has 2 aromatic carbocycles. The van der Waals surface area contributed by atoms with Gasteiger partial charge in [-0.2, -0.15) is 5.26 Å². The lowest BCUT2D eigenvalue weighted by Gasteiger charge is -2.29. The number of hydrogen-bond acceptors (Lipinski definition) is 5. The highest BCUT2D eigenvalue weighted by Gasteiger charge is 2.33. The first-order chi connectivity index (χ1) is 14.5. The normalized spacial score (nSPS) is 16.1. The van der Waals surface area contributed by atoms with Crippen molar-refractivity contribution in [1.82, 2.24) is 5.32 Å². The number of nitriles is 1. The van der Waals surface area contributed by atoms with E-state index in [4.69, 9.17) is 0 Å². The van der Waals surface area contributed by atoms with Crippen molar-refractivity contribution in [1.29, 1.82) is 5.26 Å². The topological polar surface area (TPSA) is 70.0 Å². The number of nitrogens with zero attached hydrogens (tertiary/aromatic N) is 1. The van der Waals surface area contributed by atoms with Gasteiger partial charge in [0.25, 0.3) is 0 Å². The Morgan fingerprint density at radius 1 is 1.10 bits per heavy atom. The minimum Gasteiger partial charge on any atom is -0.353 e. The van der Waals surface area contributed by atoms with Crippen LogP contribution in [0.1, 0.15) is 48.2 Å². The van der Waals surface area contributed by atoms with E-state index in [0.29, 0.717) is 21.7 Å². The maximum absolute atomic E-state index is 12.5. The molecular formula is C25H24N2O2S. The summed E-state index contributed by atoms with van der Waals surface area (Å²) >= 11 is 1.31. The molecule has 1 aliphatic heterocycles. The average Bonchev–Trinajstić information content (AvgIpc) is 2.77. The third kappa shape index (κ3) is 4.55. The molecule has 0 aliphatic carbocycles. The molecule has 0 unspecified atom stereocenters. The Balaban J connectivity index is 1.96. The van der Waals surface area contributed by atoms with Crippen molar-refractivity contribution in [3.63, 3.8) is 0 Å². The van der Waals surface area contributed by atoms with Crippen molar-refractivity contribution < 1.29 is 9.59 Å². The summed E-state index contributed by atoms with van der Waals surface area (Å²) in [5.41, 5.74) is 4.53. The highest BCUT2D eigenvalue weighted by Crippen LogP contribution is 2.41. The number of thioether (sulfide) groups is 1. The maximum Gasteiger partial charge on any atom is 0.173 e. The van der Waals surface area contributed by atoms with Gasteiger partial charge in [0, 0.05) is 16.8 Å². The van der Waals surface area contributed by atoms with Gasteiger partial charge in [0.2, 0.25) is 0 Å². The van der Waals surface area contributed by atoms with Crippen LogP contribution in [0.15, 0.2) is 76.5 Å². The average molecular weight is 417 g/mol. The Morgan fingerprint density at radius 3 is 2.33 bits per heavy atom. The first kappa shape index (κ1) is 21.6. The molecule has 0 radical (unpaired) electrons. The van der Waals surface area contributed by atoms with Gasteiger partial charge in [0.15, 0.2) is 11.6 Å². The van der Waals surface area contributed by atoms with Crippen LogP contribution in [0.25, 0.3) is 0 Å². The van der Waals surface area contributed by atoms with Crippen LogP contribution in [0.2, 0.25) is 0 Å². The zero-order valence-corrected chi connectivity index (χ0v) is 18.2. The predicted molar refractivity (Wildman–Crippen MR) is 121 cm³/mol. The van der Waals surface area contributed by atoms with E-state index in [2.05, 4.69) is 18.3 Å². The molecule has 1 aliphatic rings. The van der Waals surface area contributed by atoms with Gasteiger partial charge in [-0.3, -0.25) is 9.59 Å². The van der Waals surface area contributed by atoms with Gasteiger partial charge >= 0.3 is 0 Å². The van der Waals surface area contributed by atoms with Crippen molar-refractivity contribution in [2.75, 3.05) is 5.75 Å². The molecule has 0 amide bonds. The molecule has 2 aromatic rings. The Bertz CT molecular complexity index is 1060. The smallest absolute Gasteiger partial charge is 0.173 e.